The van der Waals surface area contributed by atoms with Crippen molar-refractivity contribution in [1.82, 2.24) is 5.32 Å². The first-order chi connectivity index (χ1) is 18.6. The number of carbonyl (C=O) groups is 2. The molecule has 0 aromatic heterocycles. The summed E-state index contributed by atoms with van der Waals surface area (Å²) in [6.45, 7) is 4.06. The Morgan fingerprint density at radius 1 is 0.925 bits per heavy atom. The van der Waals surface area contributed by atoms with E-state index >= 15 is 0 Å². The molecule has 0 amide bonds. The lowest BCUT2D eigenvalue weighted by Crippen LogP contribution is -2.44. The molecule has 0 bridgehead atoms. The molecule has 218 valence electrons. The van der Waals surface area contributed by atoms with Gasteiger partial charge in [-0.05, 0) is 48.9 Å². The number of fused-ring (bicyclic) bond motifs is 3. The molecule has 0 aliphatic carbocycles. The first kappa shape index (κ1) is 29.6. The highest BCUT2D eigenvalue weighted by Crippen LogP contribution is 2.47. The van der Waals surface area contributed by atoms with Gasteiger partial charge in [0.2, 0.25) is 0 Å². The van der Waals surface area contributed by atoms with Crippen molar-refractivity contribution < 1.29 is 53.8 Å². The summed E-state index contributed by atoms with van der Waals surface area (Å²) < 4.78 is 112. The number of benzene rings is 2. The van der Waals surface area contributed by atoms with Gasteiger partial charge in [-0.1, -0.05) is 6.07 Å². The van der Waals surface area contributed by atoms with Crippen LogP contribution in [0.25, 0.3) is 0 Å². The average molecular weight is 583 g/mol. The zero-order chi connectivity index (χ0) is 29.5. The van der Waals surface area contributed by atoms with E-state index in [1.54, 1.807) is 6.07 Å². The Morgan fingerprint density at radius 3 is 2.23 bits per heavy atom. The molecule has 1 saturated heterocycles. The van der Waals surface area contributed by atoms with Crippen LogP contribution in [0.15, 0.2) is 36.4 Å². The van der Waals surface area contributed by atoms with E-state index in [2.05, 4.69) is 21.6 Å². The van der Waals surface area contributed by atoms with Crippen LogP contribution in [0.2, 0.25) is 0 Å². The molecule has 0 radical (unpaired) electrons. The summed E-state index contributed by atoms with van der Waals surface area (Å²) in [5.41, 5.74) is 4.25. The van der Waals surface area contributed by atoms with Crippen LogP contribution in [-0.4, -0.2) is 56.2 Å². The first-order valence-corrected chi connectivity index (χ1v) is 12.0. The molecule has 3 heterocycles. The normalized spacial score (nSPS) is 20.5. The summed E-state index contributed by atoms with van der Waals surface area (Å²) >= 11 is 0. The Kier molecular flexibility index (Phi) is 8.09. The van der Waals surface area contributed by atoms with Crippen molar-refractivity contribution in [2.24, 2.45) is 0 Å². The molecule has 3 aliphatic rings. The fraction of sp³-hybridized carbons (Fsp3) is 0.440. The second-order valence-corrected chi connectivity index (χ2v) is 9.34. The number of nitrogens with one attached hydrogen (secondary N) is 2. The number of Topliss-reactive ketones (excluding diaryl/α,β-unsaturated/α-hetero) is 2. The van der Waals surface area contributed by atoms with Gasteiger partial charge in [-0.25, -0.2) is 0 Å². The monoisotopic (exact) mass is 583 g/mol. The van der Waals surface area contributed by atoms with Crippen LogP contribution in [0.4, 0.5) is 56.6 Å². The fourth-order valence-electron chi connectivity index (χ4n) is 5.06. The second-order valence-electron chi connectivity index (χ2n) is 9.34. The number of piperidine rings is 1. The fourth-order valence-corrected chi connectivity index (χ4v) is 5.06. The summed E-state index contributed by atoms with van der Waals surface area (Å²) in [6, 6.07) is 9.93. The molecular weight excluding hydrogens is 561 g/mol. The van der Waals surface area contributed by atoms with E-state index in [0.717, 1.165) is 49.4 Å². The minimum atomic E-state index is -5.77. The molecule has 2 atom stereocenters. The van der Waals surface area contributed by atoms with Crippen molar-refractivity contribution >= 4 is 28.6 Å². The van der Waals surface area contributed by atoms with Gasteiger partial charge in [-0.2, -0.15) is 39.5 Å². The predicted octanol–water partition coefficient (Wildman–Crippen LogP) is 5.49. The standard InChI is InChI=1S/C21H22F3N3O.C4F6O2/c22-21(23,24)14-2-1-3-15(9-14)26-16-8-13-12-28-7-6-27-19-4-5-25-11-18(19)17(10-16)20(13)27;5-3(6,7)1(11)2(12)4(8,9)10/h1-3,8-10,18-19,25-26H,4-7,11-12H2;/t18-,19-;/m0./s1. The van der Waals surface area contributed by atoms with Crippen molar-refractivity contribution in [3.8, 4) is 0 Å². The largest absolute Gasteiger partial charge is 0.458 e. The molecule has 2 N–H and O–H groups in total. The molecule has 2 aromatic rings. The van der Waals surface area contributed by atoms with Crippen LogP contribution in [-0.2, 0) is 27.1 Å². The van der Waals surface area contributed by atoms with Crippen molar-refractivity contribution in [1.29, 1.82) is 0 Å². The number of nitrogens with zero attached hydrogens (tertiary/aromatic N) is 1. The Bertz CT molecular complexity index is 1250. The Labute approximate surface area is 221 Å². The van der Waals surface area contributed by atoms with Crippen LogP contribution in [0.5, 0.6) is 0 Å². The Hall–Kier alpha value is -3.33. The van der Waals surface area contributed by atoms with Crippen molar-refractivity contribution in [3.63, 3.8) is 0 Å². The molecule has 1 fully saturated rings. The maximum atomic E-state index is 13.0. The van der Waals surface area contributed by atoms with E-state index in [1.807, 2.05) is 6.07 Å². The first-order valence-electron chi connectivity index (χ1n) is 12.0. The number of alkyl halides is 9. The zero-order valence-electron chi connectivity index (χ0n) is 20.4. The maximum Gasteiger partial charge on any atom is 0.458 e. The van der Waals surface area contributed by atoms with Gasteiger partial charge in [0, 0.05) is 47.7 Å². The van der Waals surface area contributed by atoms with Crippen molar-refractivity contribution in [2.45, 2.75) is 43.5 Å². The molecule has 6 nitrogen and oxygen atoms in total. The molecule has 15 heteroatoms. The minimum absolute atomic E-state index is 0.406. The summed E-state index contributed by atoms with van der Waals surface area (Å²) in [5.74, 6) is -6.41. The molecule has 2 aromatic carbocycles. The van der Waals surface area contributed by atoms with Gasteiger partial charge in [0.25, 0.3) is 0 Å². The van der Waals surface area contributed by atoms with E-state index < -0.39 is 35.7 Å². The van der Waals surface area contributed by atoms with E-state index in [9.17, 15) is 49.1 Å². The number of ketones is 2. The number of hydrogen-bond donors (Lipinski definition) is 2. The molecular formula is C25H22F9N3O3. The predicted molar refractivity (Wildman–Crippen MR) is 124 cm³/mol. The number of ether oxygens (including phenoxy) is 1. The summed E-state index contributed by atoms with van der Waals surface area (Å²) in [6.07, 6.45) is -14.8. The quantitative estimate of drug-likeness (QED) is 0.368. The number of hydrogen-bond acceptors (Lipinski definition) is 6. The lowest BCUT2D eigenvalue weighted by molar-refractivity contribution is -0.193. The van der Waals surface area contributed by atoms with Gasteiger partial charge in [0.05, 0.1) is 18.8 Å². The van der Waals surface area contributed by atoms with Gasteiger partial charge in [-0.15, -0.1) is 0 Å². The number of halogens is 9. The molecule has 0 saturated carbocycles. The van der Waals surface area contributed by atoms with Crippen LogP contribution < -0.4 is 15.5 Å². The smallest absolute Gasteiger partial charge is 0.375 e. The average Bonchev–Trinajstić information content (AvgIpc) is 3.02. The lowest BCUT2D eigenvalue weighted by atomic mass is 9.89. The van der Waals surface area contributed by atoms with E-state index in [0.29, 0.717) is 30.9 Å². The summed E-state index contributed by atoms with van der Waals surface area (Å²) in [5, 5.41) is 6.67. The Morgan fingerprint density at radius 2 is 1.60 bits per heavy atom. The van der Waals surface area contributed by atoms with E-state index in [1.165, 1.54) is 17.3 Å². The van der Waals surface area contributed by atoms with Gasteiger partial charge in [0.15, 0.2) is 0 Å². The molecule has 5 rings (SSSR count). The Balaban J connectivity index is 0.000000263. The van der Waals surface area contributed by atoms with Crippen LogP contribution in [0, 0.1) is 0 Å². The van der Waals surface area contributed by atoms with Gasteiger partial charge in [-0.3, -0.25) is 9.59 Å². The third-order valence-corrected chi connectivity index (χ3v) is 6.68. The summed E-state index contributed by atoms with van der Waals surface area (Å²) in [7, 11) is 0. The van der Waals surface area contributed by atoms with E-state index in [-0.39, 0.29) is 0 Å². The second kappa shape index (κ2) is 10.9. The maximum absolute atomic E-state index is 13.0. The highest BCUT2D eigenvalue weighted by atomic mass is 19.4. The van der Waals surface area contributed by atoms with Crippen molar-refractivity contribution in [3.05, 3.63) is 53.1 Å². The lowest BCUT2D eigenvalue weighted by Gasteiger charge is -2.33. The zero-order valence-corrected chi connectivity index (χ0v) is 20.4. The van der Waals surface area contributed by atoms with Crippen LogP contribution in [0.3, 0.4) is 0 Å². The third kappa shape index (κ3) is 6.35. The van der Waals surface area contributed by atoms with Gasteiger partial charge in [0.1, 0.15) is 0 Å². The van der Waals surface area contributed by atoms with Gasteiger partial charge < -0.3 is 20.3 Å². The minimum Gasteiger partial charge on any atom is -0.375 e. The number of carbonyl (C=O) groups excluding carboxylic acids is 2. The van der Waals surface area contributed by atoms with Crippen LogP contribution in [0.1, 0.15) is 29.0 Å². The molecule has 0 spiro atoms. The number of anilines is 3. The highest BCUT2D eigenvalue weighted by molar-refractivity contribution is 6.41. The SMILES string of the molecule is FC(F)(F)c1cccc(Nc2cc3c4c(c2)[C@@H]2CNCC[C@@H]2N4CCOC3)c1.O=C(C(=O)C(F)(F)F)C(F)(F)F. The highest BCUT2D eigenvalue weighted by Gasteiger charge is 2.54. The van der Waals surface area contributed by atoms with Gasteiger partial charge >= 0.3 is 30.1 Å². The summed E-state index contributed by atoms with van der Waals surface area (Å²) in [4.78, 5) is 21.7. The van der Waals surface area contributed by atoms with E-state index in [4.69, 9.17) is 4.74 Å². The third-order valence-electron chi connectivity index (χ3n) is 6.68. The van der Waals surface area contributed by atoms with Crippen LogP contribution >= 0.6 is 0 Å². The molecule has 40 heavy (non-hydrogen) atoms. The number of rotatable bonds is 3. The topological polar surface area (TPSA) is 70.7 Å². The molecule has 0 unspecified atom stereocenters. The van der Waals surface area contributed by atoms with Crippen molar-refractivity contribution in [2.75, 3.05) is 36.5 Å². The molecule has 3 aliphatic heterocycles.